The highest BCUT2D eigenvalue weighted by Crippen LogP contribution is 2.27. The third-order valence-corrected chi connectivity index (χ3v) is 3.59. The number of hydrogen-bond donors (Lipinski definition) is 1. The minimum atomic E-state index is 0.505. The zero-order valence-corrected chi connectivity index (χ0v) is 11.6. The molecule has 3 aromatic rings. The Hall–Kier alpha value is -1.87. The number of fused-ring (bicyclic) bond motifs is 3. The second-order valence-electron chi connectivity index (χ2n) is 5.34. The average molecular weight is 253 g/mol. The lowest BCUT2D eigenvalue weighted by molar-refractivity contribution is 0.589. The third-order valence-electron chi connectivity index (χ3n) is 3.59. The molecule has 1 N–H and O–H groups in total. The maximum absolute atomic E-state index is 4.25. The van der Waals surface area contributed by atoms with Crippen LogP contribution < -0.4 is 5.32 Å². The van der Waals surface area contributed by atoms with Gasteiger partial charge in [0.15, 0.2) is 0 Å². The van der Waals surface area contributed by atoms with Crippen molar-refractivity contribution in [2.75, 3.05) is 0 Å². The van der Waals surface area contributed by atoms with Crippen LogP contribution in [0.25, 0.3) is 21.8 Å². The van der Waals surface area contributed by atoms with Crippen molar-refractivity contribution in [3.63, 3.8) is 0 Å². The molecule has 2 heterocycles. The summed E-state index contributed by atoms with van der Waals surface area (Å²) in [6.07, 6.45) is 3.81. The van der Waals surface area contributed by atoms with Crippen molar-refractivity contribution in [3.8, 4) is 0 Å². The van der Waals surface area contributed by atoms with Crippen LogP contribution in [0.3, 0.4) is 0 Å². The van der Waals surface area contributed by atoms with Crippen LogP contribution in [0, 0.1) is 0 Å². The van der Waals surface area contributed by atoms with E-state index in [0.29, 0.717) is 6.04 Å². The van der Waals surface area contributed by atoms with Gasteiger partial charge in [0.25, 0.3) is 0 Å². The molecule has 1 aromatic carbocycles. The Labute approximate surface area is 113 Å². The van der Waals surface area contributed by atoms with E-state index in [1.54, 1.807) is 0 Å². The van der Waals surface area contributed by atoms with Gasteiger partial charge in [-0.25, -0.2) is 0 Å². The van der Waals surface area contributed by atoms with E-state index in [2.05, 4.69) is 60.0 Å². The lowest BCUT2D eigenvalue weighted by atomic mass is 10.1. The highest BCUT2D eigenvalue weighted by molar-refractivity contribution is 6.07. The Morgan fingerprint density at radius 1 is 1.16 bits per heavy atom. The predicted molar refractivity (Wildman–Crippen MR) is 80.2 cm³/mol. The number of nitrogens with zero attached hydrogens (tertiary/aromatic N) is 2. The van der Waals surface area contributed by atoms with Crippen LogP contribution in [0.1, 0.15) is 19.4 Å². The lowest BCUT2D eigenvalue weighted by Crippen LogP contribution is -2.21. The normalized spacial score (nSPS) is 11.8. The number of aryl methyl sites for hydroxylation is 1. The summed E-state index contributed by atoms with van der Waals surface area (Å²) in [5, 5.41) is 5.97. The van der Waals surface area contributed by atoms with Gasteiger partial charge in [-0.2, -0.15) is 0 Å². The largest absolute Gasteiger partial charge is 0.344 e. The van der Waals surface area contributed by atoms with Crippen LogP contribution in [-0.4, -0.2) is 15.6 Å². The van der Waals surface area contributed by atoms with E-state index >= 15 is 0 Å². The Morgan fingerprint density at radius 2 is 1.95 bits per heavy atom. The monoisotopic (exact) mass is 253 g/mol. The lowest BCUT2D eigenvalue weighted by Gasteiger charge is -2.08. The molecule has 0 fully saturated rings. The number of nitrogens with one attached hydrogen (secondary N) is 1. The average Bonchev–Trinajstić information content (AvgIpc) is 2.71. The van der Waals surface area contributed by atoms with Crippen LogP contribution in [0.2, 0.25) is 0 Å². The first-order chi connectivity index (χ1) is 9.16. The standard InChI is InChI=1S/C16H19N3/c1-11(2)18-9-12-4-5-15-13(8-12)14-10-17-7-6-16(14)19(15)3/h4-8,10-11,18H,9H2,1-3H3. The molecule has 0 saturated heterocycles. The number of aromatic nitrogens is 2. The number of benzene rings is 1. The molecule has 3 nitrogen and oxygen atoms in total. The molecule has 98 valence electrons. The first-order valence-electron chi connectivity index (χ1n) is 6.71. The summed E-state index contributed by atoms with van der Waals surface area (Å²) < 4.78 is 2.23. The predicted octanol–water partition coefficient (Wildman–Crippen LogP) is 3.22. The van der Waals surface area contributed by atoms with Crippen LogP contribution in [0.5, 0.6) is 0 Å². The zero-order chi connectivity index (χ0) is 13.4. The zero-order valence-electron chi connectivity index (χ0n) is 11.6. The van der Waals surface area contributed by atoms with Crippen molar-refractivity contribution in [2.45, 2.75) is 26.4 Å². The quantitative estimate of drug-likeness (QED) is 0.776. The van der Waals surface area contributed by atoms with Gasteiger partial charge in [0.05, 0.1) is 5.52 Å². The second kappa shape index (κ2) is 4.67. The molecule has 0 unspecified atom stereocenters. The van der Waals surface area contributed by atoms with E-state index < -0.39 is 0 Å². The highest BCUT2D eigenvalue weighted by Gasteiger charge is 2.08. The minimum absolute atomic E-state index is 0.505. The number of pyridine rings is 1. The van der Waals surface area contributed by atoms with Crippen LogP contribution in [-0.2, 0) is 13.6 Å². The molecule has 0 aliphatic carbocycles. The molecule has 0 saturated carbocycles. The van der Waals surface area contributed by atoms with Crippen molar-refractivity contribution in [1.82, 2.24) is 14.9 Å². The molecular weight excluding hydrogens is 234 g/mol. The van der Waals surface area contributed by atoms with Crippen molar-refractivity contribution in [2.24, 2.45) is 7.05 Å². The van der Waals surface area contributed by atoms with Gasteiger partial charge < -0.3 is 9.88 Å². The van der Waals surface area contributed by atoms with Gasteiger partial charge in [-0.3, -0.25) is 4.98 Å². The highest BCUT2D eigenvalue weighted by atomic mass is 14.9. The maximum atomic E-state index is 4.25. The molecule has 0 aliphatic rings. The van der Waals surface area contributed by atoms with Gasteiger partial charge in [0.1, 0.15) is 0 Å². The molecule has 19 heavy (non-hydrogen) atoms. The number of rotatable bonds is 3. The maximum Gasteiger partial charge on any atom is 0.0519 e. The van der Waals surface area contributed by atoms with E-state index in [9.17, 15) is 0 Å². The summed E-state index contributed by atoms with van der Waals surface area (Å²) in [6, 6.07) is 9.25. The molecule has 0 radical (unpaired) electrons. The third kappa shape index (κ3) is 2.10. The molecule has 3 heteroatoms. The SMILES string of the molecule is CC(C)NCc1ccc2c(c1)c1cnccc1n2C. The topological polar surface area (TPSA) is 29.9 Å². The molecule has 0 aliphatic heterocycles. The van der Waals surface area contributed by atoms with Crippen LogP contribution in [0.15, 0.2) is 36.7 Å². The fourth-order valence-corrected chi connectivity index (χ4v) is 2.54. The second-order valence-corrected chi connectivity index (χ2v) is 5.34. The van der Waals surface area contributed by atoms with Gasteiger partial charge in [0, 0.05) is 48.3 Å². The smallest absolute Gasteiger partial charge is 0.0519 e. The van der Waals surface area contributed by atoms with Gasteiger partial charge in [-0.15, -0.1) is 0 Å². The molecule has 0 spiro atoms. The van der Waals surface area contributed by atoms with Crippen molar-refractivity contribution in [1.29, 1.82) is 0 Å². The van der Waals surface area contributed by atoms with Crippen LogP contribution >= 0.6 is 0 Å². The fraction of sp³-hybridized carbons (Fsp3) is 0.312. The molecule has 0 bridgehead atoms. The molecule has 2 aromatic heterocycles. The Bertz CT molecular complexity index is 725. The molecular formula is C16H19N3. The Balaban J connectivity index is 2.14. The molecule has 3 rings (SSSR count). The van der Waals surface area contributed by atoms with E-state index in [1.165, 1.54) is 27.4 Å². The summed E-state index contributed by atoms with van der Waals surface area (Å²) in [5.41, 5.74) is 3.81. The Morgan fingerprint density at radius 3 is 2.74 bits per heavy atom. The summed E-state index contributed by atoms with van der Waals surface area (Å²) in [7, 11) is 2.11. The fourth-order valence-electron chi connectivity index (χ4n) is 2.54. The summed E-state index contributed by atoms with van der Waals surface area (Å²) in [4.78, 5) is 4.25. The van der Waals surface area contributed by atoms with E-state index in [-0.39, 0.29) is 0 Å². The van der Waals surface area contributed by atoms with E-state index in [1.807, 2.05) is 12.4 Å². The molecule has 0 amide bonds. The minimum Gasteiger partial charge on any atom is -0.344 e. The summed E-state index contributed by atoms with van der Waals surface area (Å²) in [6.45, 7) is 5.24. The summed E-state index contributed by atoms with van der Waals surface area (Å²) in [5.74, 6) is 0. The first-order valence-corrected chi connectivity index (χ1v) is 6.71. The Kier molecular flexibility index (Phi) is 2.99. The van der Waals surface area contributed by atoms with Gasteiger partial charge in [0.2, 0.25) is 0 Å². The van der Waals surface area contributed by atoms with Gasteiger partial charge in [-0.1, -0.05) is 19.9 Å². The first kappa shape index (κ1) is 12.2. The number of hydrogen-bond acceptors (Lipinski definition) is 2. The van der Waals surface area contributed by atoms with E-state index in [4.69, 9.17) is 0 Å². The van der Waals surface area contributed by atoms with Gasteiger partial charge in [-0.05, 0) is 23.8 Å². The molecule has 0 atom stereocenters. The van der Waals surface area contributed by atoms with Gasteiger partial charge >= 0.3 is 0 Å². The van der Waals surface area contributed by atoms with Crippen LogP contribution in [0.4, 0.5) is 0 Å². The van der Waals surface area contributed by atoms with Crippen molar-refractivity contribution in [3.05, 3.63) is 42.2 Å². The van der Waals surface area contributed by atoms with E-state index in [0.717, 1.165) is 6.54 Å². The van der Waals surface area contributed by atoms with Crippen molar-refractivity contribution < 1.29 is 0 Å². The van der Waals surface area contributed by atoms with Crippen molar-refractivity contribution >= 4 is 21.8 Å². The summed E-state index contributed by atoms with van der Waals surface area (Å²) >= 11 is 0.